The summed E-state index contributed by atoms with van der Waals surface area (Å²) in [6, 6.07) is 25.8. The van der Waals surface area contributed by atoms with Gasteiger partial charge in [0.1, 0.15) is 6.54 Å². The maximum atomic E-state index is 12.4. The molecule has 0 atom stereocenters. The largest absolute Gasteiger partial charge is 0.325 e. The highest BCUT2D eigenvalue weighted by Crippen LogP contribution is 2.22. The molecule has 0 bridgehead atoms. The number of aromatic nitrogens is 2. The second kappa shape index (κ2) is 7.85. The molecule has 0 aliphatic rings. The molecule has 4 nitrogen and oxygen atoms in total. The Labute approximate surface area is 157 Å². The fourth-order valence-corrected chi connectivity index (χ4v) is 2.90. The Kier molecular flexibility index (Phi) is 5.34. The summed E-state index contributed by atoms with van der Waals surface area (Å²) in [6.45, 7) is 0.232. The molecule has 0 aliphatic carbocycles. The number of benzene rings is 3. The van der Waals surface area contributed by atoms with Crippen molar-refractivity contribution >= 4 is 35.0 Å². The van der Waals surface area contributed by atoms with Gasteiger partial charge in [0.15, 0.2) is 0 Å². The van der Waals surface area contributed by atoms with E-state index in [0.29, 0.717) is 0 Å². The van der Waals surface area contributed by atoms with Crippen LogP contribution in [0.3, 0.4) is 0 Å². The number of para-hydroxylation sites is 2. The summed E-state index contributed by atoms with van der Waals surface area (Å²) < 4.78 is 1.85. The van der Waals surface area contributed by atoms with E-state index in [9.17, 15) is 4.79 Å². The Bertz CT molecular complexity index is 1030. The number of anilines is 1. The molecule has 1 aromatic heterocycles. The number of fused-ring (bicyclic) bond motifs is 1. The van der Waals surface area contributed by atoms with E-state index in [4.69, 9.17) is 0 Å². The molecule has 0 radical (unpaired) electrons. The van der Waals surface area contributed by atoms with Crippen molar-refractivity contribution in [2.24, 2.45) is 0 Å². The van der Waals surface area contributed by atoms with Crippen LogP contribution in [0, 0.1) is 0 Å². The highest BCUT2D eigenvalue weighted by Gasteiger charge is 2.08. The van der Waals surface area contributed by atoms with Crippen LogP contribution < -0.4 is 5.32 Å². The maximum absolute atomic E-state index is 12.4. The first kappa shape index (κ1) is 17.7. The average Bonchev–Trinajstić information content (AvgIpc) is 3.06. The third-order valence-corrected chi connectivity index (χ3v) is 4.09. The van der Waals surface area contributed by atoms with Crippen molar-refractivity contribution in [3.63, 3.8) is 0 Å². The molecule has 4 rings (SSSR count). The summed E-state index contributed by atoms with van der Waals surface area (Å²) in [5, 5.41) is 2.97. The van der Waals surface area contributed by atoms with Gasteiger partial charge in [0.05, 0.1) is 17.4 Å². The van der Waals surface area contributed by atoms with E-state index in [1.165, 1.54) is 0 Å². The van der Waals surface area contributed by atoms with Crippen molar-refractivity contribution in [2.45, 2.75) is 6.54 Å². The Morgan fingerprint density at radius 2 is 1.62 bits per heavy atom. The number of rotatable bonds is 4. The highest BCUT2D eigenvalue weighted by atomic mass is 35.5. The number of amides is 1. The van der Waals surface area contributed by atoms with Crippen molar-refractivity contribution < 1.29 is 4.79 Å². The number of hydrogen-bond donors (Lipinski definition) is 1. The van der Waals surface area contributed by atoms with Crippen LogP contribution in [0.15, 0.2) is 85.2 Å². The van der Waals surface area contributed by atoms with Crippen LogP contribution in [0.2, 0.25) is 0 Å². The number of nitrogens with one attached hydrogen (secondary N) is 1. The highest BCUT2D eigenvalue weighted by molar-refractivity contribution is 5.92. The predicted octanol–water partition coefficient (Wildman–Crippen LogP) is 4.76. The van der Waals surface area contributed by atoms with Gasteiger partial charge in [0.2, 0.25) is 5.91 Å². The van der Waals surface area contributed by atoms with Crippen LogP contribution >= 0.6 is 12.4 Å². The van der Waals surface area contributed by atoms with Crippen molar-refractivity contribution in [1.29, 1.82) is 0 Å². The standard InChI is InChI=1S/C21H17N3O.ClH/c25-21(14-24-15-22-19-11-4-5-12-20(19)24)23-18-10-6-9-17(13-18)16-7-2-1-3-8-16;/h1-13,15H,14H2,(H,23,25);1H. The molecule has 1 heterocycles. The van der Waals surface area contributed by atoms with Gasteiger partial charge in [0.25, 0.3) is 0 Å². The Morgan fingerprint density at radius 1 is 0.885 bits per heavy atom. The molecular formula is C21H18ClN3O. The molecular weight excluding hydrogens is 346 g/mol. The number of carbonyl (C=O) groups excluding carboxylic acids is 1. The van der Waals surface area contributed by atoms with Crippen molar-refractivity contribution in [3.8, 4) is 11.1 Å². The molecule has 0 saturated carbocycles. The second-order valence-electron chi connectivity index (χ2n) is 5.86. The summed E-state index contributed by atoms with van der Waals surface area (Å²) >= 11 is 0. The average molecular weight is 364 g/mol. The maximum Gasteiger partial charge on any atom is 0.244 e. The third kappa shape index (κ3) is 3.76. The van der Waals surface area contributed by atoms with Gasteiger partial charge in [-0.2, -0.15) is 0 Å². The zero-order chi connectivity index (χ0) is 17.1. The number of hydrogen-bond acceptors (Lipinski definition) is 2. The first-order valence-corrected chi connectivity index (χ1v) is 8.15. The van der Waals surface area contributed by atoms with Crippen LogP contribution in [-0.4, -0.2) is 15.5 Å². The van der Waals surface area contributed by atoms with E-state index in [1.807, 2.05) is 71.3 Å². The SMILES string of the molecule is Cl.O=C(Cn1cnc2ccccc21)Nc1cccc(-c2ccccc2)c1. The molecule has 130 valence electrons. The van der Waals surface area contributed by atoms with Crippen molar-refractivity contribution in [2.75, 3.05) is 5.32 Å². The molecule has 0 fully saturated rings. The van der Waals surface area contributed by atoms with Gasteiger partial charge in [-0.15, -0.1) is 12.4 Å². The number of imidazole rings is 1. The van der Waals surface area contributed by atoms with Gasteiger partial charge in [-0.05, 0) is 35.4 Å². The fourth-order valence-electron chi connectivity index (χ4n) is 2.90. The molecule has 4 aromatic rings. The Morgan fingerprint density at radius 3 is 2.46 bits per heavy atom. The normalized spacial score (nSPS) is 10.3. The van der Waals surface area contributed by atoms with Gasteiger partial charge in [-0.25, -0.2) is 4.98 Å². The van der Waals surface area contributed by atoms with E-state index in [1.54, 1.807) is 6.33 Å². The molecule has 0 saturated heterocycles. The van der Waals surface area contributed by atoms with Gasteiger partial charge in [-0.3, -0.25) is 4.79 Å². The quantitative estimate of drug-likeness (QED) is 0.568. The van der Waals surface area contributed by atoms with E-state index in [0.717, 1.165) is 27.8 Å². The number of carbonyl (C=O) groups is 1. The number of nitrogens with zero attached hydrogens (tertiary/aromatic N) is 2. The molecule has 1 N–H and O–H groups in total. The van der Waals surface area contributed by atoms with Crippen LogP contribution in [0.1, 0.15) is 0 Å². The summed E-state index contributed by atoms with van der Waals surface area (Å²) in [5.74, 6) is -0.0756. The molecule has 0 spiro atoms. The molecule has 0 aliphatic heterocycles. The van der Waals surface area contributed by atoms with Gasteiger partial charge in [-0.1, -0.05) is 54.6 Å². The van der Waals surface area contributed by atoms with E-state index in [-0.39, 0.29) is 24.9 Å². The minimum absolute atomic E-state index is 0. The zero-order valence-electron chi connectivity index (χ0n) is 14.0. The fraction of sp³-hybridized carbons (Fsp3) is 0.0476. The van der Waals surface area contributed by atoms with Crippen molar-refractivity contribution in [1.82, 2.24) is 9.55 Å². The minimum Gasteiger partial charge on any atom is -0.325 e. The summed E-state index contributed by atoms with van der Waals surface area (Å²) in [6.07, 6.45) is 1.70. The van der Waals surface area contributed by atoms with E-state index in [2.05, 4.69) is 22.4 Å². The smallest absolute Gasteiger partial charge is 0.244 e. The van der Waals surface area contributed by atoms with Crippen LogP contribution in [0.25, 0.3) is 22.2 Å². The van der Waals surface area contributed by atoms with E-state index < -0.39 is 0 Å². The molecule has 0 unspecified atom stereocenters. The van der Waals surface area contributed by atoms with Crippen LogP contribution in [0.4, 0.5) is 5.69 Å². The first-order valence-electron chi connectivity index (χ1n) is 8.15. The van der Waals surface area contributed by atoms with Crippen LogP contribution in [-0.2, 0) is 11.3 Å². The lowest BCUT2D eigenvalue weighted by atomic mass is 10.1. The first-order chi connectivity index (χ1) is 12.3. The second-order valence-corrected chi connectivity index (χ2v) is 5.86. The lowest BCUT2D eigenvalue weighted by Gasteiger charge is -2.09. The van der Waals surface area contributed by atoms with Gasteiger partial charge < -0.3 is 9.88 Å². The van der Waals surface area contributed by atoms with Gasteiger partial charge >= 0.3 is 0 Å². The van der Waals surface area contributed by atoms with Crippen molar-refractivity contribution in [3.05, 3.63) is 85.2 Å². The lowest BCUT2D eigenvalue weighted by molar-refractivity contribution is -0.116. The lowest BCUT2D eigenvalue weighted by Crippen LogP contribution is -2.18. The van der Waals surface area contributed by atoms with Crippen LogP contribution in [0.5, 0.6) is 0 Å². The molecule has 1 amide bonds. The topological polar surface area (TPSA) is 46.9 Å². The molecule has 3 aromatic carbocycles. The Hall–Kier alpha value is -3.11. The summed E-state index contributed by atoms with van der Waals surface area (Å²) in [4.78, 5) is 16.7. The zero-order valence-corrected chi connectivity index (χ0v) is 14.8. The summed E-state index contributed by atoms with van der Waals surface area (Å²) in [5.41, 5.74) is 4.83. The van der Waals surface area contributed by atoms with Gasteiger partial charge in [0, 0.05) is 5.69 Å². The molecule has 26 heavy (non-hydrogen) atoms. The number of halogens is 1. The molecule has 5 heteroatoms. The predicted molar refractivity (Wildman–Crippen MR) is 107 cm³/mol. The summed E-state index contributed by atoms with van der Waals surface area (Å²) in [7, 11) is 0. The Balaban J connectivity index is 0.00000196. The third-order valence-electron chi connectivity index (χ3n) is 4.09. The minimum atomic E-state index is -0.0756. The monoisotopic (exact) mass is 363 g/mol. The van der Waals surface area contributed by atoms with E-state index >= 15 is 0 Å².